The van der Waals surface area contributed by atoms with Gasteiger partial charge in [0, 0.05) is 70.7 Å². The molecular weight excluding hydrogens is 795 g/mol. The Labute approximate surface area is 381 Å². The smallest absolute Gasteiger partial charge is 0.144 e. The lowest BCUT2D eigenvalue weighted by Gasteiger charge is -2.15. The second kappa shape index (κ2) is 18.7. The largest absolute Gasteiger partial charge is 0.496 e. The van der Waals surface area contributed by atoms with Crippen LogP contribution in [0.25, 0.3) is 67.7 Å². The molecule has 0 saturated heterocycles. The summed E-state index contributed by atoms with van der Waals surface area (Å²) in [4.78, 5) is 14.1. The predicted molar refractivity (Wildman–Crippen MR) is 265 cm³/mol. The molecular formula is C59H49N5O. The van der Waals surface area contributed by atoms with Gasteiger partial charge in [0.15, 0.2) is 0 Å². The van der Waals surface area contributed by atoms with Crippen molar-refractivity contribution in [3.8, 4) is 73.4 Å². The van der Waals surface area contributed by atoms with E-state index in [2.05, 4.69) is 173 Å². The average molecular weight is 844 g/mol. The zero-order valence-corrected chi connectivity index (χ0v) is 36.7. The topological polar surface area (TPSA) is 57.8 Å². The Balaban J connectivity index is 0.924. The van der Waals surface area contributed by atoms with Crippen LogP contribution in [0.1, 0.15) is 27.8 Å². The zero-order chi connectivity index (χ0) is 44.0. The van der Waals surface area contributed by atoms with Crippen molar-refractivity contribution in [2.45, 2.75) is 32.6 Å². The normalized spacial score (nSPS) is 11.2. The number of rotatable bonds is 14. The van der Waals surface area contributed by atoms with Gasteiger partial charge in [-0.2, -0.15) is 0 Å². The van der Waals surface area contributed by atoms with Gasteiger partial charge in [-0.05, 0) is 101 Å². The average Bonchev–Trinajstić information content (AvgIpc) is 4.08. The first-order chi connectivity index (χ1) is 32.1. The molecule has 316 valence electrons. The van der Waals surface area contributed by atoms with Crippen LogP contribution < -0.4 is 4.74 Å². The fraction of sp³-hybridized carbons (Fsp3) is 0.102. The predicted octanol–water partition coefficient (Wildman–Crippen LogP) is 13.7. The molecule has 0 bridgehead atoms. The minimum atomic E-state index is 0.840. The van der Waals surface area contributed by atoms with Crippen molar-refractivity contribution in [1.29, 1.82) is 0 Å². The fourth-order valence-corrected chi connectivity index (χ4v) is 8.74. The van der Waals surface area contributed by atoms with Crippen molar-refractivity contribution < 1.29 is 4.74 Å². The Morgan fingerprint density at radius 2 is 0.862 bits per heavy atom. The van der Waals surface area contributed by atoms with Crippen molar-refractivity contribution >= 4 is 0 Å². The third-order valence-electron chi connectivity index (χ3n) is 12.2. The van der Waals surface area contributed by atoms with Gasteiger partial charge >= 0.3 is 0 Å². The summed E-state index contributed by atoms with van der Waals surface area (Å²) >= 11 is 0. The quantitative estimate of drug-likeness (QED) is 0.109. The molecule has 0 radical (unpaired) electrons. The molecule has 3 aromatic heterocycles. The maximum Gasteiger partial charge on any atom is 0.144 e. The third-order valence-corrected chi connectivity index (χ3v) is 12.2. The molecule has 0 aliphatic rings. The lowest BCUT2D eigenvalue weighted by Crippen LogP contribution is -1.99. The van der Waals surface area contributed by atoms with Gasteiger partial charge < -0.3 is 4.74 Å². The minimum absolute atomic E-state index is 0.840. The van der Waals surface area contributed by atoms with E-state index in [0.717, 1.165) is 88.0 Å². The fourth-order valence-electron chi connectivity index (χ4n) is 8.74. The van der Waals surface area contributed by atoms with E-state index < -0.39 is 0 Å². The Kier molecular flexibility index (Phi) is 11.8. The van der Waals surface area contributed by atoms with Crippen LogP contribution in [0, 0.1) is 6.92 Å². The molecule has 0 aliphatic carbocycles. The lowest BCUT2D eigenvalue weighted by molar-refractivity contribution is 0.411. The number of pyridine rings is 1. The van der Waals surface area contributed by atoms with Gasteiger partial charge in [-0.1, -0.05) is 152 Å². The summed E-state index contributed by atoms with van der Waals surface area (Å²) in [6.45, 7) is 2.01. The maximum absolute atomic E-state index is 5.60. The van der Waals surface area contributed by atoms with E-state index in [1.165, 1.54) is 38.9 Å². The Bertz CT molecular complexity index is 3030. The molecule has 65 heavy (non-hydrogen) atoms. The van der Waals surface area contributed by atoms with Crippen LogP contribution in [-0.4, -0.2) is 31.2 Å². The number of imidazole rings is 2. The molecule has 0 saturated carbocycles. The molecule has 0 amide bonds. The summed E-state index contributed by atoms with van der Waals surface area (Å²) in [6, 6.07) is 65.3. The molecule has 10 aromatic rings. The van der Waals surface area contributed by atoms with E-state index in [4.69, 9.17) is 19.7 Å². The molecule has 6 heteroatoms. The first-order valence-corrected chi connectivity index (χ1v) is 22.3. The van der Waals surface area contributed by atoms with Crippen LogP contribution in [-0.2, 0) is 25.7 Å². The Morgan fingerprint density at radius 1 is 0.415 bits per heavy atom. The van der Waals surface area contributed by atoms with Crippen LogP contribution in [0.15, 0.2) is 213 Å². The summed E-state index contributed by atoms with van der Waals surface area (Å²) in [6.07, 6.45) is 13.4. The van der Waals surface area contributed by atoms with E-state index in [1.54, 1.807) is 7.11 Å². The van der Waals surface area contributed by atoms with Gasteiger partial charge in [-0.25, -0.2) is 9.97 Å². The van der Waals surface area contributed by atoms with Crippen LogP contribution in [0.2, 0.25) is 0 Å². The Hall–Kier alpha value is -8.09. The second-order valence-electron chi connectivity index (χ2n) is 16.5. The molecule has 6 nitrogen and oxygen atoms in total. The highest BCUT2D eigenvalue weighted by molar-refractivity contribution is 5.84. The first-order valence-electron chi connectivity index (χ1n) is 22.3. The van der Waals surface area contributed by atoms with Crippen molar-refractivity contribution in [3.05, 3.63) is 241 Å². The lowest BCUT2D eigenvalue weighted by atomic mass is 9.90. The molecule has 0 atom stereocenters. The van der Waals surface area contributed by atoms with E-state index in [-0.39, 0.29) is 0 Å². The maximum atomic E-state index is 5.60. The number of para-hydroxylation sites is 2. The number of nitrogens with zero attached hydrogens (tertiary/aromatic N) is 5. The molecule has 0 N–H and O–H groups in total. The van der Waals surface area contributed by atoms with E-state index in [1.807, 2.05) is 56.1 Å². The van der Waals surface area contributed by atoms with Crippen molar-refractivity contribution in [2.75, 3.05) is 7.11 Å². The van der Waals surface area contributed by atoms with Crippen LogP contribution in [0.5, 0.6) is 5.75 Å². The van der Waals surface area contributed by atoms with Gasteiger partial charge in [0.05, 0.1) is 12.8 Å². The van der Waals surface area contributed by atoms with Crippen LogP contribution in [0.4, 0.5) is 0 Å². The van der Waals surface area contributed by atoms with Gasteiger partial charge in [0.25, 0.3) is 0 Å². The van der Waals surface area contributed by atoms with E-state index in [9.17, 15) is 0 Å². The summed E-state index contributed by atoms with van der Waals surface area (Å²) in [7, 11) is 1.70. The summed E-state index contributed by atoms with van der Waals surface area (Å²) < 4.78 is 9.88. The molecule has 0 aliphatic heterocycles. The first kappa shape index (κ1) is 41.0. The number of aromatic nitrogens is 5. The number of benzene rings is 7. The summed E-state index contributed by atoms with van der Waals surface area (Å²) in [5, 5.41) is 0. The van der Waals surface area contributed by atoms with Gasteiger partial charge in [0.1, 0.15) is 17.4 Å². The summed E-state index contributed by atoms with van der Waals surface area (Å²) in [5.41, 5.74) is 17.4. The highest BCUT2D eigenvalue weighted by atomic mass is 16.5. The Morgan fingerprint density at radius 3 is 1.37 bits per heavy atom. The van der Waals surface area contributed by atoms with Gasteiger partial charge in [0.2, 0.25) is 0 Å². The number of aryl methyl sites for hydroxylation is 5. The highest BCUT2D eigenvalue weighted by Crippen LogP contribution is 2.35. The monoisotopic (exact) mass is 843 g/mol. The summed E-state index contributed by atoms with van der Waals surface area (Å²) in [5.74, 6) is 2.72. The number of hydrogen-bond donors (Lipinski definition) is 0. The van der Waals surface area contributed by atoms with Crippen molar-refractivity contribution in [2.24, 2.45) is 0 Å². The SMILES string of the molecule is COc1cc(-c2ccc(-c3ccccc3-c3cc(CCc4ccc(-c5nccn5-c5ccccc5)cc4)cc(CCc4ccc(-c5nccn5-c5ccccc5)cc4)c3)cc2)ncc1C. The van der Waals surface area contributed by atoms with Gasteiger partial charge in [-0.15, -0.1) is 0 Å². The van der Waals surface area contributed by atoms with Crippen LogP contribution in [0.3, 0.4) is 0 Å². The number of ether oxygens (including phenoxy) is 1. The molecule has 0 spiro atoms. The molecule has 0 fully saturated rings. The second-order valence-corrected chi connectivity index (χ2v) is 16.5. The molecule has 3 heterocycles. The van der Waals surface area contributed by atoms with Crippen LogP contribution >= 0.6 is 0 Å². The number of methoxy groups -OCH3 is 1. The van der Waals surface area contributed by atoms with E-state index >= 15 is 0 Å². The molecule has 10 rings (SSSR count). The van der Waals surface area contributed by atoms with E-state index in [0.29, 0.717) is 0 Å². The minimum Gasteiger partial charge on any atom is -0.496 e. The van der Waals surface area contributed by atoms with Crippen molar-refractivity contribution in [3.63, 3.8) is 0 Å². The highest BCUT2D eigenvalue weighted by Gasteiger charge is 2.14. The zero-order valence-electron chi connectivity index (χ0n) is 36.7. The number of hydrogen-bond acceptors (Lipinski definition) is 4. The standard InChI is InChI=1S/C59H49N5O/c1-42-41-62-56(40-57(42)65-2)48-31-29-47(30-32-48)54-15-9-10-16-55(54)51-38-45(19-17-43-21-25-49(26-22-43)58-60-33-35-63(58)52-11-5-3-6-12-52)37-46(39-51)20-18-44-23-27-50(28-24-44)59-61-34-36-64(59)53-13-7-4-8-14-53/h3-16,21-41H,17-20H2,1-2H3. The molecule has 0 unspecified atom stereocenters. The van der Waals surface area contributed by atoms with Crippen molar-refractivity contribution in [1.82, 2.24) is 24.1 Å². The third kappa shape index (κ3) is 9.06. The molecule has 7 aromatic carbocycles. The van der Waals surface area contributed by atoms with Gasteiger partial charge in [-0.3, -0.25) is 14.1 Å².